The van der Waals surface area contributed by atoms with Crippen molar-refractivity contribution in [2.24, 2.45) is 0 Å². The molecule has 0 unspecified atom stereocenters. The second-order valence-corrected chi connectivity index (χ2v) is 5.96. The molecule has 0 fully saturated rings. The van der Waals surface area contributed by atoms with E-state index < -0.39 is 9.84 Å². The summed E-state index contributed by atoms with van der Waals surface area (Å²) in [5.41, 5.74) is 0.451. The van der Waals surface area contributed by atoms with Gasteiger partial charge in [0.05, 0.1) is 16.5 Å². The molecule has 0 aliphatic heterocycles. The summed E-state index contributed by atoms with van der Waals surface area (Å²) >= 11 is 0. The molecule has 0 bridgehead atoms. The smallest absolute Gasteiger partial charge is 0.199 e. The summed E-state index contributed by atoms with van der Waals surface area (Å²) in [5, 5.41) is 9.89. The van der Waals surface area contributed by atoms with Gasteiger partial charge in [-0.25, -0.2) is 8.42 Å². The van der Waals surface area contributed by atoms with Crippen molar-refractivity contribution in [1.82, 2.24) is 0 Å². The average molecular weight is 275 g/mol. The van der Waals surface area contributed by atoms with Crippen LogP contribution in [0.5, 0.6) is 0 Å². The van der Waals surface area contributed by atoms with Crippen LogP contribution in [0.25, 0.3) is 0 Å². The second kappa shape index (κ2) is 7.55. The lowest BCUT2D eigenvalue weighted by molar-refractivity contribution is 0.604. The zero-order valence-corrected chi connectivity index (χ0v) is 11.6. The first-order chi connectivity index (χ1) is 9.10. The Kier molecular flexibility index (Phi) is 6.04. The molecule has 3 nitrogen and oxygen atoms in total. The Hall–Kier alpha value is -1.86. The maximum Gasteiger partial charge on any atom is 0.199 e. The minimum absolute atomic E-state index is 0.217. The van der Waals surface area contributed by atoms with Crippen LogP contribution in [0.1, 0.15) is 31.2 Å². The van der Waals surface area contributed by atoms with Crippen molar-refractivity contribution >= 4 is 9.84 Å². The third-order valence-corrected chi connectivity index (χ3v) is 4.10. The normalized spacial score (nSPS) is 11.3. The van der Waals surface area contributed by atoms with E-state index in [0.717, 1.165) is 25.7 Å². The number of nitriles is 1. The van der Waals surface area contributed by atoms with Crippen LogP contribution in [0.2, 0.25) is 0 Å². The van der Waals surface area contributed by atoms with Crippen LogP contribution in [-0.4, -0.2) is 8.42 Å². The van der Waals surface area contributed by atoms with Gasteiger partial charge in [0.25, 0.3) is 0 Å². The molecule has 1 aromatic carbocycles. The van der Waals surface area contributed by atoms with E-state index >= 15 is 0 Å². The van der Waals surface area contributed by atoms with Gasteiger partial charge in [0.15, 0.2) is 9.84 Å². The highest BCUT2D eigenvalue weighted by atomic mass is 32.2. The fraction of sp³-hybridized carbons (Fsp3) is 0.267. The Morgan fingerprint density at radius 1 is 1.16 bits per heavy atom. The van der Waals surface area contributed by atoms with Crippen LogP contribution in [-0.2, 0) is 9.84 Å². The molecule has 19 heavy (non-hydrogen) atoms. The lowest BCUT2D eigenvalue weighted by Gasteiger charge is -1.99. The van der Waals surface area contributed by atoms with Crippen molar-refractivity contribution in [3.05, 3.63) is 54.0 Å². The van der Waals surface area contributed by atoms with E-state index in [-0.39, 0.29) is 4.90 Å². The molecule has 0 radical (unpaired) electrons. The summed E-state index contributed by atoms with van der Waals surface area (Å²) in [7, 11) is -3.39. The number of rotatable bonds is 7. The number of benzene rings is 1. The molecule has 0 N–H and O–H groups in total. The van der Waals surface area contributed by atoms with E-state index in [0.29, 0.717) is 5.56 Å². The Morgan fingerprint density at radius 2 is 1.79 bits per heavy atom. The summed E-state index contributed by atoms with van der Waals surface area (Å²) in [6.45, 7) is 3.63. The van der Waals surface area contributed by atoms with E-state index in [4.69, 9.17) is 5.26 Å². The molecule has 0 aliphatic carbocycles. The number of nitrogens with zero attached hydrogens (tertiary/aromatic N) is 1. The highest BCUT2D eigenvalue weighted by molar-refractivity contribution is 7.94. The first-order valence-corrected chi connectivity index (χ1v) is 7.67. The van der Waals surface area contributed by atoms with Gasteiger partial charge >= 0.3 is 0 Å². The Balaban J connectivity index is 2.62. The van der Waals surface area contributed by atoms with Gasteiger partial charge in [-0.2, -0.15) is 5.26 Å². The fourth-order valence-electron chi connectivity index (χ4n) is 1.54. The molecule has 4 heteroatoms. The van der Waals surface area contributed by atoms with E-state index in [9.17, 15) is 8.42 Å². The standard InChI is InChI=1S/C15H17NO2S/c1-2-3-4-5-6-7-12-19(17,18)15-10-8-14(13-16)9-11-15/h2,7-12H,1,3-6H2. The first-order valence-electron chi connectivity index (χ1n) is 6.13. The highest BCUT2D eigenvalue weighted by Crippen LogP contribution is 2.14. The van der Waals surface area contributed by atoms with Gasteiger partial charge < -0.3 is 0 Å². The lowest BCUT2D eigenvalue weighted by atomic mass is 10.2. The molecule has 0 heterocycles. The maximum atomic E-state index is 11.9. The van der Waals surface area contributed by atoms with Crippen molar-refractivity contribution < 1.29 is 8.42 Å². The van der Waals surface area contributed by atoms with E-state index in [1.165, 1.54) is 29.7 Å². The van der Waals surface area contributed by atoms with Gasteiger partial charge in [-0.1, -0.05) is 12.2 Å². The van der Waals surface area contributed by atoms with Crippen molar-refractivity contribution in [2.75, 3.05) is 0 Å². The lowest BCUT2D eigenvalue weighted by Crippen LogP contribution is -1.96. The van der Waals surface area contributed by atoms with Crippen LogP contribution in [0.4, 0.5) is 0 Å². The summed E-state index contributed by atoms with van der Waals surface area (Å²) in [6.07, 6.45) is 7.20. The highest BCUT2D eigenvalue weighted by Gasteiger charge is 2.09. The predicted molar refractivity (Wildman–Crippen MR) is 76.1 cm³/mol. The van der Waals surface area contributed by atoms with Crippen molar-refractivity contribution in [3.63, 3.8) is 0 Å². The van der Waals surface area contributed by atoms with E-state index in [2.05, 4.69) is 6.58 Å². The third kappa shape index (κ3) is 5.11. The van der Waals surface area contributed by atoms with Gasteiger partial charge in [0.2, 0.25) is 0 Å². The number of hydrogen-bond donors (Lipinski definition) is 0. The molecule has 1 rings (SSSR count). The molecule has 0 spiro atoms. The number of hydrogen-bond acceptors (Lipinski definition) is 3. The monoisotopic (exact) mass is 275 g/mol. The molecule has 1 aromatic rings. The topological polar surface area (TPSA) is 57.9 Å². The zero-order valence-electron chi connectivity index (χ0n) is 10.7. The number of allylic oxidation sites excluding steroid dienone is 2. The maximum absolute atomic E-state index is 11.9. The Morgan fingerprint density at radius 3 is 2.37 bits per heavy atom. The number of sulfone groups is 1. The van der Waals surface area contributed by atoms with Crippen LogP contribution in [0, 0.1) is 11.3 Å². The van der Waals surface area contributed by atoms with E-state index in [1.54, 1.807) is 6.08 Å². The summed E-state index contributed by atoms with van der Waals surface area (Å²) in [6, 6.07) is 7.87. The molecule has 0 saturated carbocycles. The van der Waals surface area contributed by atoms with Crippen LogP contribution >= 0.6 is 0 Å². The molecule has 0 aromatic heterocycles. The van der Waals surface area contributed by atoms with Crippen LogP contribution in [0.3, 0.4) is 0 Å². The summed E-state index contributed by atoms with van der Waals surface area (Å²) < 4.78 is 23.9. The van der Waals surface area contributed by atoms with Crippen LogP contribution < -0.4 is 0 Å². The summed E-state index contributed by atoms with van der Waals surface area (Å²) in [5.74, 6) is 0. The predicted octanol–water partition coefficient (Wildman–Crippen LogP) is 3.59. The fourth-order valence-corrected chi connectivity index (χ4v) is 2.61. The van der Waals surface area contributed by atoms with Gasteiger partial charge in [0, 0.05) is 5.41 Å². The molecule has 0 amide bonds. The quantitative estimate of drug-likeness (QED) is 0.564. The molecule has 0 atom stereocenters. The Bertz CT molecular complexity index is 578. The average Bonchev–Trinajstić information content (AvgIpc) is 2.43. The molecular weight excluding hydrogens is 258 g/mol. The summed E-state index contributed by atoms with van der Waals surface area (Å²) in [4.78, 5) is 0.217. The molecular formula is C15H17NO2S. The minimum Gasteiger partial charge on any atom is -0.219 e. The third-order valence-electron chi connectivity index (χ3n) is 2.62. The SMILES string of the molecule is C=CCCCCC=CS(=O)(=O)c1ccc(C#N)cc1. The Labute approximate surface area is 114 Å². The van der Waals surface area contributed by atoms with E-state index in [1.807, 2.05) is 12.1 Å². The molecule has 0 saturated heterocycles. The molecule has 100 valence electrons. The van der Waals surface area contributed by atoms with Crippen molar-refractivity contribution in [1.29, 1.82) is 5.26 Å². The second-order valence-electron chi connectivity index (χ2n) is 4.13. The van der Waals surface area contributed by atoms with Gasteiger partial charge in [0.1, 0.15) is 0 Å². The number of unbranched alkanes of at least 4 members (excludes halogenated alkanes) is 3. The van der Waals surface area contributed by atoms with Gasteiger partial charge in [-0.15, -0.1) is 6.58 Å². The van der Waals surface area contributed by atoms with Gasteiger partial charge in [-0.3, -0.25) is 0 Å². The zero-order chi connectivity index (χ0) is 14.1. The van der Waals surface area contributed by atoms with Gasteiger partial charge in [-0.05, 0) is 49.9 Å². The van der Waals surface area contributed by atoms with Crippen molar-refractivity contribution in [2.45, 2.75) is 30.6 Å². The minimum atomic E-state index is -3.39. The van der Waals surface area contributed by atoms with Crippen LogP contribution in [0.15, 0.2) is 53.3 Å². The molecule has 0 aliphatic rings. The first kappa shape index (κ1) is 15.2. The van der Waals surface area contributed by atoms with Crippen molar-refractivity contribution in [3.8, 4) is 6.07 Å². The largest absolute Gasteiger partial charge is 0.219 e.